The second kappa shape index (κ2) is 6.29. The molecule has 0 spiro atoms. The average Bonchev–Trinajstić information content (AvgIpc) is 2.41. The van der Waals surface area contributed by atoms with Crippen molar-refractivity contribution in [1.29, 1.82) is 0 Å². The third kappa shape index (κ3) is 3.32. The highest BCUT2D eigenvalue weighted by Gasteiger charge is 2.14. The molecular weight excluding hydrogens is 342 g/mol. The molecule has 5 heteroatoms. The summed E-state index contributed by atoms with van der Waals surface area (Å²) in [6.45, 7) is 0.543. The molecule has 2 aromatic carbocycles. The fourth-order valence-corrected chi connectivity index (χ4v) is 2.54. The lowest BCUT2D eigenvalue weighted by molar-refractivity contribution is 0.0697. The SMILES string of the molecule is CN(Cc1ccccc1Cl)c1ccc(Br)cc1C(=O)O. The van der Waals surface area contributed by atoms with Crippen molar-refractivity contribution >= 4 is 39.2 Å². The number of carboxylic acids is 1. The van der Waals surface area contributed by atoms with E-state index < -0.39 is 5.97 Å². The van der Waals surface area contributed by atoms with Gasteiger partial charge < -0.3 is 10.0 Å². The Balaban J connectivity index is 2.32. The van der Waals surface area contributed by atoms with Gasteiger partial charge in [0.25, 0.3) is 0 Å². The quantitative estimate of drug-likeness (QED) is 0.882. The zero-order valence-electron chi connectivity index (χ0n) is 10.8. The van der Waals surface area contributed by atoms with Gasteiger partial charge >= 0.3 is 5.97 Å². The van der Waals surface area contributed by atoms with Crippen LogP contribution in [0.2, 0.25) is 5.02 Å². The Morgan fingerprint density at radius 1 is 1.30 bits per heavy atom. The zero-order valence-corrected chi connectivity index (χ0v) is 13.1. The van der Waals surface area contributed by atoms with Crippen LogP contribution in [0.15, 0.2) is 46.9 Å². The van der Waals surface area contributed by atoms with Crippen LogP contribution in [-0.2, 0) is 6.54 Å². The predicted octanol–water partition coefficient (Wildman–Crippen LogP) is 4.44. The third-order valence-corrected chi connectivity index (χ3v) is 3.83. The van der Waals surface area contributed by atoms with E-state index in [1.165, 1.54) is 0 Å². The molecule has 104 valence electrons. The molecule has 0 radical (unpaired) electrons. The van der Waals surface area contributed by atoms with Gasteiger partial charge in [0.1, 0.15) is 0 Å². The van der Waals surface area contributed by atoms with Gasteiger partial charge in [-0.05, 0) is 29.8 Å². The standard InChI is InChI=1S/C15H13BrClNO2/c1-18(9-10-4-2-3-5-13(10)17)14-7-6-11(16)8-12(14)15(19)20/h2-8H,9H2,1H3,(H,19,20). The monoisotopic (exact) mass is 353 g/mol. The van der Waals surface area contributed by atoms with Crippen LogP contribution < -0.4 is 4.90 Å². The largest absolute Gasteiger partial charge is 0.478 e. The lowest BCUT2D eigenvalue weighted by Crippen LogP contribution is -2.19. The van der Waals surface area contributed by atoms with Crippen LogP contribution in [0.4, 0.5) is 5.69 Å². The minimum atomic E-state index is -0.952. The van der Waals surface area contributed by atoms with Gasteiger partial charge in [-0.1, -0.05) is 45.7 Å². The fourth-order valence-electron chi connectivity index (χ4n) is 1.98. The summed E-state index contributed by atoms with van der Waals surface area (Å²) in [4.78, 5) is 13.2. The van der Waals surface area contributed by atoms with Crippen molar-refractivity contribution in [1.82, 2.24) is 0 Å². The van der Waals surface area contributed by atoms with Crippen molar-refractivity contribution in [2.75, 3.05) is 11.9 Å². The maximum Gasteiger partial charge on any atom is 0.337 e. The van der Waals surface area contributed by atoms with E-state index in [9.17, 15) is 9.90 Å². The molecular formula is C15H13BrClNO2. The van der Waals surface area contributed by atoms with Crippen LogP contribution in [0.1, 0.15) is 15.9 Å². The second-order valence-corrected chi connectivity index (χ2v) is 5.74. The van der Waals surface area contributed by atoms with E-state index in [1.807, 2.05) is 42.3 Å². The molecule has 0 unspecified atom stereocenters. The Bertz CT molecular complexity index is 646. The van der Waals surface area contributed by atoms with Crippen molar-refractivity contribution in [3.05, 3.63) is 63.1 Å². The van der Waals surface area contributed by atoms with E-state index in [1.54, 1.807) is 12.1 Å². The molecule has 2 rings (SSSR count). The zero-order chi connectivity index (χ0) is 14.7. The molecule has 0 fully saturated rings. The molecule has 0 saturated heterocycles. The maximum atomic E-state index is 11.3. The van der Waals surface area contributed by atoms with Crippen LogP contribution in [0.5, 0.6) is 0 Å². The number of anilines is 1. The summed E-state index contributed by atoms with van der Waals surface area (Å²) in [6.07, 6.45) is 0. The van der Waals surface area contributed by atoms with Gasteiger partial charge in [0, 0.05) is 23.1 Å². The Kier molecular flexibility index (Phi) is 4.68. The minimum Gasteiger partial charge on any atom is -0.478 e. The van der Waals surface area contributed by atoms with Crippen molar-refractivity contribution in [3.8, 4) is 0 Å². The Morgan fingerprint density at radius 3 is 2.65 bits per heavy atom. The summed E-state index contributed by atoms with van der Waals surface area (Å²) in [7, 11) is 1.85. The molecule has 3 nitrogen and oxygen atoms in total. The van der Waals surface area contributed by atoms with Gasteiger partial charge in [-0.15, -0.1) is 0 Å². The lowest BCUT2D eigenvalue weighted by Gasteiger charge is -2.22. The number of carboxylic acid groups (broad SMARTS) is 1. The van der Waals surface area contributed by atoms with Crippen molar-refractivity contribution in [2.45, 2.75) is 6.54 Å². The first-order valence-electron chi connectivity index (χ1n) is 5.96. The number of aromatic carboxylic acids is 1. The van der Waals surface area contributed by atoms with Crippen LogP contribution in [0.25, 0.3) is 0 Å². The highest BCUT2D eigenvalue weighted by atomic mass is 79.9. The fraction of sp³-hybridized carbons (Fsp3) is 0.133. The average molecular weight is 355 g/mol. The molecule has 0 heterocycles. The summed E-state index contributed by atoms with van der Waals surface area (Å²) in [6, 6.07) is 12.7. The number of hydrogen-bond acceptors (Lipinski definition) is 2. The molecule has 0 bridgehead atoms. The van der Waals surface area contributed by atoms with Crippen molar-refractivity contribution in [2.24, 2.45) is 0 Å². The lowest BCUT2D eigenvalue weighted by atomic mass is 10.1. The molecule has 20 heavy (non-hydrogen) atoms. The predicted molar refractivity (Wildman–Crippen MR) is 84.7 cm³/mol. The Labute approximate surface area is 130 Å². The van der Waals surface area contributed by atoms with E-state index in [0.717, 1.165) is 10.0 Å². The molecule has 0 amide bonds. The second-order valence-electron chi connectivity index (χ2n) is 4.41. The summed E-state index contributed by atoms with van der Waals surface area (Å²) in [5.74, 6) is -0.952. The molecule has 0 aliphatic heterocycles. The highest BCUT2D eigenvalue weighted by molar-refractivity contribution is 9.10. The van der Waals surface area contributed by atoms with E-state index in [-0.39, 0.29) is 5.56 Å². The number of carbonyl (C=O) groups is 1. The van der Waals surface area contributed by atoms with E-state index in [4.69, 9.17) is 11.6 Å². The van der Waals surface area contributed by atoms with Gasteiger partial charge in [0.15, 0.2) is 0 Å². The maximum absolute atomic E-state index is 11.3. The number of halogens is 2. The molecule has 1 N–H and O–H groups in total. The molecule has 0 saturated carbocycles. The molecule has 0 aromatic heterocycles. The molecule has 2 aromatic rings. The van der Waals surface area contributed by atoms with E-state index in [2.05, 4.69) is 15.9 Å². The molecule has 0 atom stereocenters. The number of hydrogen-bond donors (Lipinski definition) is 1. The van der Waals surface area contributed by atoms with E-state index in [0.29, 0.717) is 17.3 Å². The van der Waals surface area contributed by atoms with Crippen LogP contribution >= 0.6 is 27.5 Å². The summed E-state index contributed by atoms with van der Waals surface area (Å²) < 4.78 is 0.741. The topological polar surface area (TPSA) is 40.5 Å². The summed E-state index contributed by atoms with van der Waals surface area (Å²) in [5, 5.41) is 9.96. The minimum absolute atomic E-state index is 0.258. The first-order valence-corrected chi connectivity index (χ1v) is 7.13. The first kappa shape index (κ1) is 14.9. The summed E-state index contributed by atoms with van der Waals surface area (Å²) in [5.41, 5.74) is 1.87. The van der Waals surface area contributed by atoms with Crippen molar-refractivity contribution < 1.29 is 9.90 Å². The Morgan fingerprint density at radius 2 is 2.00 bits per heavy atom. The number of benzene rings is 2. The number of rotatable bonds is 4. The smallest absolute Gasteiger partial charge is 0.337 e. The van der Waals surface area contributed by atoms with Crippen LogP contribution in [0, 0.1) is 0 Å². The van der Waals surface area contributed by atoms with Crippen molar-refractivity contribution in [3.63, 3.8) is 0 Å². The molecule has 0 aliphatic rings. The third-order valence-electron chi connectivity index (χ3n) is 2.97. The normalized spacial score (nSPS) is 10.3. The first-order chi connectivity index (χ1) is 9.49. The van der Waals surface area contributed by atoms with Gasteiger partial charge in [-0.2, -0.15) is 0 Å². The van der Waals surface area contributed by atoms with Gasteiger partial charge in [-0.25, -0.2) is 4.79 Å². The van der Waals surface area contributed by atoms with E-state index >= 15 is 0 Å². The highest BCUT2D eigenvalue weighted by Crippen LogP contribution is 2.26. The van der Waals surface area contributed by atoms with Crippen LogP contribution in [0.3, 0.4) is 0 Å². The van der Waals surface area contributed by atoms with Crippen LogP contribution in [-0.4, -0.2) is 18.1 Å². The number of nitrogens with zero attached hydrogens (tertiary/aromatic N) is 1. The van der Waals surface area contributed by atoms with Gasteiger partial charge in [0.05, 0.1) is 11.3 Å². The Hall–Kier alpha value is -1.52. The van der Waals surface area contributed by atoms with Gasteiger partial charge in [-0.3, -0.25) is 0 Å². The molecule has 0 aliphatic carbocycles. The summed E-state index contributed by atoms with van der Waals surface area (Å²) >= 11 is 9.42. The van der Waals surface area contributed by atoms with Gasteiger partial charge in [0.2, 0.25) is 0 Å².